The van der Waals surface area contributed by atoms with Crippen LogP contribution in [0, 0.1) is 0 Å². The minimum atomic E-state index is -0.710. The van der Waals surface area contributed by atoms with E-state index in [0.717, 1.165) is 37.7 Å². The number of carbonyl (C=O) groups is 1. The Kier molecular flexibility index (Phi) is 5.43. The van der Waals surface area contributed by atoms with Crippen molar-refractivity contribution in [3.63, 3.8) is 0 Å². The van der Waals surface area contributed by atoms with Gasteiger partial charge in [-0.25, -0.2) is 9.80 Å². The van der Waals surface area contributed by atoms with Gasteiger partial charge >= 0.3 is 5.69 Å². The summed E-state index contributed by atoms with van der Waals surface area (Å²) in [4.78, 5) is 40.4. The Bertz CT molecular complexity index is 1240. The molecule has 1 amide bonds. The van der Waals surface area contributed by atoms with Crippen molar-refractivity contribution in [1.82, 2.24) is 14.6 Å². The van der Waals surface area contributed by atoms with E-state index in [0.29, 0.717) is 11.5 Å². The third-order valence-corrected chi connectivity index (χ3v) is 6.60. The van der Waals surface area contributed by atoms with Gasteiger partial charge in [-0.15, -0.1) is 0 Å². The Morgan fingerprint density at radius 1 is 1.18 bits per heavy atom. The van der Waals surface area contributed by atoms with Crippen LogP contribution in [0.2, 0.25) is 0 Å². The van der Waals surface area contributed by atoms with Gasteiger partial charge in [0.25, 0.3) is 5.56 Å². The quantitative estimate of drug-likeness (QED) is 0.731. The molecule has 1 aromatic carbocycles. The summed E-state index contributed by atoms with van der Waals surface area (Å²) in [5, 5.41) is 16.9. The second kappa shape index (κ2) is 8.42. The van der Waals surface area contributed by atoms with Gasteiger partial charge in [0.05, 0.1) is 11.8 Å². The number of benzene rings is 1. The molecule has 1 atom stereocenters. The number of hydrogen-bond donors (Lipinski definition) is 2. The van der Waals surface area contributed by atoms with E-state index < -0.39 is 17.3 Å². The molecule has 1 unspecified atom stereocenters. The van der Waals surface area contributed by atoms with Gasteiger partial charge in [0.15, 0.2) is 11.5 Å². The molecule has 0 radical (unpaired) electrons. The maximum atomic E-state index is 12.8. The average Bonchev–Trinajstić information content (AvgIpc) is 3.46. The molecule has 2 N–H and O–H groups in total. The summed E-state index contributed by atoms with van der Waals surface area (Å²) in [6, 6.07) is 4.75. The van der Waals surface area contributed by atoms with E-state index in [9.17, 15) is 19.5 Å². The maximum Gasteiger partial charge on any atom is 0.331 e. The summed E-state index contributed by atoms with van der Waals surface area (Å²) in [5.41, 5.74) is -0.351. The Hall–Kier alpha value is -3.56. The average molecular weight is 454 g/mol. The zero-order valence-electron chi connectivity index (χ0n) is 18.4. The normalized spacial score (nSPS) is 20.2. The van der Waals surface area contributed by atoms with Crippen molar-refractivity contribution in [3.8, 4) is 17.4 Å². The van der Waals surface area contributed by atoms with Gasteiger partial charge in [-0.1, -0.05) is 32.3 Å². The highest BCUT2D eigenvalue weighted by molar-refractivity contribution is 6.04. The Morgan fingerprint density at radius 2 is 1.94 bits per heavy atom. The second-order valence-electron chi connectivity index (χ2n) is 8.59. The van der Waals surface area contributed by atoms with E-state index in [4.69, 9.17) is 9.47 Å². The highest BCUT2D eigenvalue weighted by atomic mass is 16.7. The fraction of sp³-hybridized carbons (Fsp3) is 0.478. The Morgan fingerprint density at radius 3 is 2.70 bits per heavy atom. The summed E-state index contributed by atoms with van der Waals surface area (Å²) in [6.45, 7) is 1.87. The number of rotatable bonds is 4. The van der Waals surface area contributed by atoms with Crippen molar-refractivity contribution >= 4 is 11.6 Å². The zero-order valence-corrected chi connectivity index (χ0v) is 18.4. The van der Waals surface area contributed by atoms with Crippen molar-refractivity contribution in [2.75, 3.05) is 6.79 Å². The molecule has 1 aliphatic carbocycles. The predicted octanol–water partition coefficient (Wildman–Crippen LogP) is 2.56. The number of hydrazone groups is 1. The molecule has 0 saturated heterocycles. The molecule has 33 heavy (non-hydrogen) atoms. The van der Waals surface area contributed by atoms with Gasteiger partial charge in [0.1, 0.15) is 5.56 Å². The summed E-state index contributed by atoms with van der Waals surface area (Å²) in [5.74, 6) is 0.602. The van der Waals surface area contributed by atoms with Crippen molar-refractivity contribution in [2.24, 2.45) is 5.10 Å². The standard InChI is InChI=1S/C23H26N4O6/c1-2-19(28)27-16(13-8-9-17-18(10-13)33-12-32-17)11-15(25-27)20-21(29)24-23(31)26(22(20)30)14-6-4-3-5-7-14/h8-10,14,16,30H,2-7,11-12H2,1H3,(H,24,29,31). The lowest BCUT2D eigenvalue weighted by molar-refractivity contribution is -0.132. The van der Waals surface area contributed by atoms with Crippen LogP contribution >= 0.6 is 0 Å². The predicted molar refractivity (Wildman–Crippen MR) is 119 cm³/mol. The minimum Gasteiger partial charge on any atom is -0.494 e. The lowest BCUT2D eigenvalue weighted by atomic mass is 9.95. The molecular weight excluding hydrogens is 428 g/mol. The van der Waals surface area contributed by atoms with E-state index in [1.54, 1.807) is 19.1 Å². The Labute approximate surface area is 189 Å². The maximum absolute atomic E-state index is 12.8. The van der Waals surface area contributed by atoms with Crippen molar-refractivity contribution in [2.45, 2.75) is 64.0 Å². The SMILES string of the molecule is CCC(=O)N1N=C(c2c(O)n(C3CCCCC3)c(=O)[nH]c2=O)CC1c1ccc2c(c1)OCO2. The number of H-pyrrole nitrogens is 1. The lowest BCUT2D eigenvalue weighted by Crippen LogP contribution is -2.36. The summed E-state index contributed by atoms with van der Waals surface area (Å²) < 4.78 is 12.1. The van der Waals surface area contributed by atoms with Crippen molar-refractivity contribution < 1.29 is 19.4 Å². The van der Waals surface area contributed by atoms with Crippen molar-refractivity contribution in [1.29, 1.82) is 0 Å². The van der Waals surface area contributed by atoms with Crippen LogP contribution in [-0.2, 0) is 4.79 Å². The van der Waals surface area contributed by atoms with Crippen LogP contribution in [0.1, 0.15) is 75.1 Å². The van der Waals surface area contributed by atoms with Crippen LogP contribution in [0.15, 0.2) is 32.9 Å². The van der Waals surface area contributed by atoms with Crippen molar-refractivity contribution in [3.05, 3.63) is 50.2 Å². The number of hydrogen-bond acceptors (Lipinski definition) is 7. The molecule has 3 aliphatic rings. The molecule has 0 bridgehead atoms. The fourth-order valence-corrected chi connectivity index (χ4v) is 4.91. The van der Waals surface area contributed by atoms with Crippen LogP contribution in [-0.4, -0.2) is 38.1 Å². The first-order valence-corrected chi connectivity index (χ1v) is 11.3. The van der Waals surface area contributed by atoms with E-state index in [1.165, 1.54) is 9.58 Å². The van der Waals surface area contributed by atoms with Gasteiger partial charge in [-0.3, -0.25) is 19.1 Å². The fourth-order valence-electron chi connectivity index (χ4n) is 4.91. The number of amides is 1. The molecule has 2 aromatic rings. The highest BCUT2D eigenvalue weighted by Crippen LogP contribution is 2.40. The zero-order chi connectivity index (χ0) is 23.1. The van der Waals surface area contributed by atoms with Gasteiger partial charge in [-0.05, 0) is 30.5 Å². The Balaban J connectivity index is 1.56. The molecule has 2 aliphatic heterocycles. The number of aromatic amines is 1. The monoisotopic (exact) mass is 454 g/mol. The molecule has 1 saturated carbocycles. The molecule has 1 aromatic heterocycles. The number of nitrogens with one attached hydrogen (secondary N) is 1. The van der Waals surface area contributed by atoms with Crippen LogP contribution in [0.25, 0.3) is 0 Å². The molecule has 5 rings (SSSR count). The number of aromatic hydroxyl groups is 1. The molecule has 3 heterocycles. The first-order chi connectivity index (χ1) is 16.0. The van der Waals surface area contributed by atoms with E-state index in [2.05, 4.69) is 10.1 Å². The van der Waals surface area contributed by atoms with E-state index >= 15 is 0 Å². The van der Waals surface area contributed by atoms with Gasteiger partial charge in [0.2, 0.25) is 18.6 Å². The summed E-state index contributed by atoms with van der Waals surface area (Å²) >= 11 is 0. The number of aromatic nitrogens is 2. The van der Waals surface area contributed by atoms with Crippen LogP contribution in [0.5, 0.6) is 17.4 Å². The molecular formula is C23H26N4O6. The minimum absolute atomic E-state index is 0.0580. The van der Waals surface area contributed by atoms with E-state index in [1.807, 2.05) is 6.07 Å². The molecule has 10 nitrogen and oxygen atoms in total. The largest absolute Gasteiger partial charge is 0.494 e. The lowest BCUT2D eigenvalue weighted by Gasteiger charge is -2.25. The first-order valence-electron chi connectivity index (χ1n) is 11.3. The number of ether oxygens (including phenoxy) is 2. The van der Waals surface area contributed by atoms with Crippen LogP contribution in [0.4, 0.5) is 0 Å². The number of carbonyl (C=O) groups excluding carboxylic acids is 1. The molecule has 174 valence electrons. The number of nitrogens with zero attached hydrogens (tertiary/aromatic N) is 3. The number of fused-ring (bicyclic) bond motifs is 1. The highest BCUT2D eigenvalue weighted by Gasteiger charge is 2.36. The van der Waals surface area contributed by atoms with E-state index in [-0.39, 0.29) is 48.7 Å². The smallest absolute Gasteiger partial charge is 0.331 e. The third kappa shape index (κ3) is 3.69. The van der Waals surface area contributed by atoms with Gasteiger partial charge in [-0.2, -0.15) is 5.10 Å². The second-order valence-corrected chi connectivity index (χ2v) is 8.59. The molecule has 10 heteroatoms. The topological polar surface area (TPSA) is 126 Å². The van der Waals surface area contributed by atoms with Gasteiger partial charge < -0.3 is 14.6 Å². The summed E-state index contributed by atoms with van der Waals surface area (Å²) in [6.07, 6.45) is 4.94. The van der Waals surface area contributed by atoms with Gasteiger partial charge in [0, 0.05) is 18.9 Å². The molecule has 0 spiro atoms. The van der Waals surface area contributed by atoms with Crippen LogP contribution < -0.4 is 20.7 Å². The summed E-state index contributed by atoms with van der Waals surface area (Å²) in [7, 11) is 0. The molecule has 1 fully saturated rings. The third-order valence-electron chi connectivity index (χ3n) is 6.60. The first kappa shape index (κ1) is 21.3. The van der Waals surface area contributed by atoms with Crippen LogP contribution in [0.3, 0.4) is 0 Å².